The number of nitrogens with one attached hydrogen (secondary N) is 1. The molecule has 5 heteroatoms. The van der Waals surface area contributed by atoms with Crippen LogP contribution in [0.2, 0.25) is 0 Å². The number of aromatic nitrogens is 4. The van der Waals surface area contributed by atoms with Crippen LogP contribution in [-0.4, -0.2) is 20.2 Å². The summed E-state index contributed by atoms with van der Waals surface area (Å²) in [6, 6.07) is 14.1. The van der Waals surface area contributed by atoms with Gasteiger partial charge in [-0.3, -0.25) is 10.1 Å². The van der Waals surface area contributed by atoms with Gasteiger partial charge in [0, 0.05) is 22.9 Å². The topological polar surface area (TPSA) is 54.5 Å². The van der Waals surface area contributed by atoms with Gasteiger partial charge in [-0.15, -0.1) is 11.8 Å². The fraction of sp³-hybridized carbons (Fsp3) is 0.0714. The lowest BCUT2D eigenvalue weighted by molar-refractivity contribution is 1.03. The molecule has 1 aromatic carbocycles. The monoisotopic (exact) mass is 268 g/mol. The Hall–Kier alpha value is -2.14. The lowest BCUT2D eigenvalue weighted by atomic mass is 10.3. The second-order valence-corrected chi connectivity index (χ2v) is 5.00. The average molecular weight is 268 g/mol. The van der Waals surface area contributed by atoms with Gasteiger partial charge in [0.1, 0.15) is 5.82 Å². The summed E-state index contributed by atoms with van der Waals surface area (Å²) in [5.41, 5.74) is 0.926. The van der Waals surface area contributed by atoms with Crippen LogP contribution < -0.4 is 0 Å². The second kappa shape index (κ2) is 5.67. The SMILES string of the molecule is c1ccc(SCc2nc(-c3cccnc3)n[nH]2)cc1. The van der Waals surface area contributed by atoms with Crippen LogP contribution in [-0.2, 0) is 5.75 Å². The van der Waals surface area contributed by atoms with Crippen LogP contribution in [0.4, 0.5) is 0 Å². The molecule has 1 N–H and O–H groups in total. The highest BCUT2D eigenvalue weighted by Crippen LogP contribution is 2.21. The van der Waals surface area contributed by atoms with Crippen LogP contribution in [0.25, 0.3) is 11.4 Å². The van der Waals surface area contributed by atoms with Crippen molar-refractivity contribution in [2.24, 2.45) is 0 Å². The molecule has 0 fully saturated rings. The zero-order valence-electron chi connectivity index (χ0n) is 10.2. The molecule has 0 unspecified atom stereocenters. The molecule has 0 aliphatic rings. The molecule has 0 aliphatic carbocycles. The minimum atomic E-state index is 0.691. The van der Waals surface area contributed by atoms with Crippen molar-refractivity contribution < 1.29 is 0 Å². The van der Waals surface area contributed by atoms with Gasteiger partial charge < -0.3 is 0 Å². The minimum Gasteiger partial charge on any atom is -0.264 e. The van der Waals surface area contributed by atoms with Crippen LogP contribution in [0, 0.1) is 0 Å². The summed E-state index contributed by atoms with van der Waals surface area (Å²) < 4.78 is 0. The van der Waals surface area contributed by atoms with Gasteiger partial charge in [0.05, 0.1) is 5.75 Å². The molecule has 4 nitrogen and oxygen atoms in total. The van der Waals surface area contributed by atoms with E-state index in [2.05, 4.69) is 32.3 Å². The Bertz CT molecular complexity index is 637. The van der Waals surface area contributed by atoms with Gasteiger partial charge in [0.25, 0.3) is 0 Å². The molecule has 0 saturated carbocycles. The third-order valence-electron chi connectivity index (χ3n) is 2.57. The summed E-state index contributed by atoms with van der Waals surface area (Å²) in [7, 11) is 0. The van der Waals surface area contributed by atoms with E-state index in [0.29, 0.717) is 5.82 Å². The molecule has 3 aromatic rings. The van der Waals surface area contributed by atoms with Gasteiger partial charge in [0.15, 0.2) is 5.82 Å². The van der Waals surface area contributed by atoms with Crippen molar-refractivity contribution in [3.63, 3.8) is 0 Å². The summed E-state index contributed by atoms with van der Waals surface area (Å²) in [6.45, 7) is 0. The number of rotatable bonds is 4. The molecule has 0 radical (unpaired) electrons. The molecular weight excluding hydrogens is 256 g/mol. The number of hydrogen-bond donors (Lipinski definition) is 1. The number of thioether (sulfide) groups is 1. The maximum absolute atomic E-state index is 4.47. The van der Waals surface area contributed by atoms with Crippen molar-refractivity contribution >= 4 is 11.8 Å². The van der Waals surface area contributed by atoms with Gasteiger partial charge >= 0.3 is 0 Å². The van der Waals surface area contributed by atoms with Crippen molar-refractivity contribution in [1.82, 2.24) is 20.2 Å². The van der Waals surface area contributed by atoms with Crippen molar-refractivity contribution in [2.75, 3.05) is 0 Å². The van der Waals surface area contributed by atoms with Gasteiger partial charge in [-0.2, -0.15) is 5.10 Å². The van der Waals surface area contributed by atoms with E-state index < -0.39 is 0 Å². The molecule has 0 saturated heterocycles. The number of aromatic amines is 1. The van der Waals surface area contributed by atoms with E-state index in [1.165, 1.54) is 4.90 Å². The van der Waals surface area contributed by atoms with E-state index in [4.69, 9.17) is 0 Å². The van der Waals surface area contributed by atoms with Crippen LogP contribution in [0.3, 0.4) is 0 Å². The number of hydrogen-bond acceptors (Lipinski definition) is 4. The van der Waals surface area contributed by atoms with Crippen LogP contribution >= 0.6 is 11.8 Å². The van der Waals surface area contributed by atoms with Gasteiger partial charge in [-0.05, 0) is 24.3 Å². The van der Waals surface area contributed by atoms with Gasteiger partial charge in [-0.1, -0.05) is 18.2 Å². The van der Waals surface area contributed by atoms with Crippen molar-refractivity contribution in [1.29, 1.82) is 0 Å². The number of benzene rings is 1. The minimum absolute atomic E-state index is 0.691. The summed E-state index contributed by atoms with van der Waals surface area (Å²) in [5, 5.41) is 7.17. The standard InChI is InChI=1S/C14H12N4S/c1-2-6-12(7-3-1)19-10-13-16-14(18-17-13)11-5-4-8-15-9-11/h1-9H,10H2,(H,16,17,18). The van der Waals surface area contributed by atoms with Crippen LogP contribution in [0.5, 0.6) is 0 Å². The lowest BCUT2D eigenvalue weighted by Gasteiger charge is -1.97. The molecule has 0 aliphatic heterocycles. The van der Waals surface area contributed by atoms with Crippen LogP contribution in [0.15, 0.2) is 59.8 Å². The number of H-pyrrole nitrogens is 1. The summed E-state index contributed by atoms with van der Waals surface area (Å²) in [4.78, 5) is 9.76. The normalized spacial score (nSPS) is 10.5. The highest BCUT2D eigenvalue weighted by molar-refractivity contribution is 7.98. The Kier molecular flexibility index (Phi) is 3.56. The van der Waals surface area contributed by atoms with E-state index in [9.17, 15) is 0 Å². The molecule has 3 rings (SSSR count). The predicted molar refractivity (Wildman–Crippen MR) is 75.6 cm³/mol. The maximum Gasteiger partial charge on any atom is 0.182 e. The van der Waals surface area contributed by atoms with E-state index in [0.717, 1.165) is 17.1 Å². The van der Waals surface area contributed by atoms with Crippen molar-refractivity contribution in [3.8, 4) is 11.4 Å². The predicted octanol–water partition coefficient (Wildman–Crippen LogP) is 3.16. The molecule has 19 heavy (non-hydrogen) atoms. The molecule has 0 bridgehead atoms. The van der Waals surface area contributed by atoms with E-state index in [-0.39, 0.29) is 0 Å². The van der Waals surface area contributed by atoms with Crippen molar-refractivity contribution in [2.45, 2.75) is 10.6 Å². The molecule has 0 spiro atoms. The van der Waals surface area contributed by atoms with Gasteiger partial charge in [0.2, 0.25) is 0 Å². The first kappa shape index (κ1) is 11.9. The molecule has 94 valence electrons. The third-order valence-corrected chi connectivity index (χ3v) is 3.59. The summed E-state index contributed by atoms with van der Waals surface area (Å²) in [6.07, 6.45) is 3.50. The highest BCUT2D eigenvalue weighted by atomic mass is 32.2. The number of nitrogens with zero attached hydrogens (tertiary/aromatic N) is 3. The van der Waals surface area contributed by atoms with E-state index >= 15 is 0 Å². The van der Waals surface area contributed by atoms with Gasteiger partial charge in [-0.25, -0.2) is 4.98 Å². The molecule has 0 amide bonds. The second-order valence-electron chi connectivity index (χ2n) is 3.95. The third kappa shape index (κ3) is 3.00. The zero-order chi connectivity index (χ0) is 12.9. The average Bonchev–Trinajstić information content (AvgIpc) is 2.96. The Morgan fingerprint density at radius 1 is 1.05 bits per heavy atom. The molecule has 0 atom stereocenters. The summed E-state index contributed by atoms with van der Waals surface area (Å²) >= 11 is 1.73. The first-order valence-electron chi connectivity index (χ1n) is 5.91. The quantitative estimate of drug-likeness (QED) is 0.738. The highest BCUT2D eigenvalue weighted by Gasteiger charge is 2.05. The van der Waals surface area contributed by atoms with Crippen molar-refractivity contribution in [3.05, 3.63) is 60.7 Å². The fourth-order valence-electron chi connectivity index (χ4n) is 1.65. The Morgan fingerprint density at radius 3 is 2.74 bits per heavy atom. The fourth-order valence-corrected chi connectivity index (χ4v) is 2.43. The maximum atomic E-state index is 4.47. The van der Waals surface area contributed by atoms with E-state index in [1.54, 1.807) is 24.2 Å². The summed E-state index contributed by atoms with van der Waals surface area (Å²) in [5.74, 6) is 2.33. The Labute approximate surface area is 115 Å². The first-order valence-corrected chi connectivity index (χ1v) is 6.90. The zero-order valence-corrected chi connectivity index (χ0v) is 11.0. The largest absolute Gasteiger partial charge is 0.264 e. The molecule has 2 heterocycles. The van der Waals surface area contributed by atoms with Crippen LogP contribution in [0.1, 0.15) is 5.82 Å². The smallest absolute Gasteiger partial charge is 0.182 e. The van der Waals surface area contributed by atoms with E-state index in [1.807, 2.05) is 30.3 Å². The number of pyridine rings is 1. The first-order chi connectivity index (χ1) is 9.42. The Balaban J connectivity index is 1.69. The molecule has 2 aromatic heterocycles. The molecular formula is C14H12N4S. The lowest BCUT2D eigenvalue weighted by Crippen LogP contribution is -1.84. The Morgan fingerprint density at radius 2 is 1.95 bits per heavy atom.